The maximum absolute atomic E-state index is 12.4. The largest absolute Gasteiger partial charge is 0.492 e. The van der Waals surface area contributed by atoms with E-state index in [-0.39, 0.29) is 6.03 Å². The van der Waals surface area contributed by atoms with Crippen molar-refractivity contribution in [2.24, 2.45) is 7.05 Å². The number of anilines is 1. The molecule has 1 N–H and O–H groups in total. The number of carbonyl (C=O) groups excluding carboxylic acids is 1. The second kappa shape index (κ2) is 8.38. The van der Waals surface area contributed by atoms with Gasteiger partial charge in [0.05, 0.1) is 17.9 Å². The number of nitrogens with zero attached hydrogens (tertiary/aromatic N) is 3. The van der Waals surface area contributed by atoms with Crippen molar-refractivity contribution in [2.45, 2.75) is 27.2 Å². The van der Waals surface area contributed by atoms with Gasteiger partial charge < -0.3 is 15.0 Å². The molecular formula is C18H26N4O2. The van der Waals surface area contributed by atoms with Crippen LogP contribution in [0.4, 0.5) is 10.5 Å². The maximum Gasteiger partial charge on any atom is 0.322 e. The minimum atomic E-state index is -0.140. The summed E-state index contributed by atoms with van der Waals surface area (Å²) < 4.78 is 7.41. The van der Waals surface area contributed by atoms with Crippen molar-refractivity contribution in [3.8, 4) is 5.75 Å². The van der Waals surface area contributed by atoms with Gasteiger partial charge in [0, 0.05) is 19.8 Å². The van der Waals surface area contributed by atoms with Crippen LogP contribution in [0.25, 0.3) is 0 Å². The molecule has 24 heavy (non-hydrogen) atoms. The van der Waals surface area contributed by atoms with E-state index < -0.39 is 0 Å². The van der Waals surface area contributed by atoms with Crippen molar-refractivity contribution in [1.29, 1.82) is 0 Å². The Balaban J connectivity index is 1.84. The van der Waals surface area contributed by atoms with E-state index in [1.54, 1.807) is 15.8 Å². The second-order valence-corrected chi connectivity index (χ2v) is 5.66. The number of aryl methyl sites for hydroxylation is 3. The van der Waals surface area contributed by atoms with Crippen LogP contribution in [-0.4, -0.2) is 40.4 Å². The van der Waals surface area contributed by atoms with Crippen LogP contribution in [-0.2, 0) is 13.5 Å². The summed E-state index contributed by atoms with van der Waals surface area (Å²) in [6, 6.07) is 7.91. The summed E-state index contributed by atoms with van der Waals surface area (Å²) in [5.41, 5.74) is 2.81. The molecule has 0 aliphatic rings. The van der Waals surface area contributed by atoms with Crippen molar-refractivity contribution < 1.29 is 9.53 Å². The van der Waals surface area contributed by atoms with E-state index >= 15 is 0 Å². The molecule has 1 aromatic carbocycles. The van der Waals surface area contributed by atoms with Gasteiger partial charge in [-0.15, -0.1) is 0 Å². The van der Waals surface area contributed by atoms with Gasteiger partial charge in [0.25, 0.3) is 0 Å². The van der Waals surface area contributed by atoms with Gasteiger partial charge in [0.1, 0.15) is 12.4 Å². The topological polar surface area (TPSA) is 59.4 Å². The number of amides is 2. The van der Waals surface area contributed by atoms with E-state index in [1.165, 1.54) is 5.56 Å². The summed E-state index contributed by atoms with van der Waals surface area (Å²) in [5, 5.41) is 7.12. The number of carbonyl (C=O) groups is 1. The standard InChI is InChI=1S/C18H26N4O2/c1-5-15-7-9-16(10-8-15)24-12-11-22(6-2)18(23)19-17-13-21(4)20-14(17)3/h7-10,13H,5-6,11-12H2,1-4H3,(H,19,23). The van der Waals surface area contributed by atoms with Crippen LogP contribution in [0, 0.1) is 6.92 Å². The van der Waals surface area contributed by atoms with Crippen molar-refractivity contribution >= 4 is 11.7 Å². The van der Waals surface area contributed by atoms with E-state index in [2.05, 4.69) is 29.5 Å². The summed E-state index contributed by atoms with van der Waals surface area (Å²) in [6.45, 7) is 7.54. The SMILES string of the molecule is CCc1ccc(OCCN(CC)C(=O)Nc2cn(C)nc2C)cc1. The highest BCUT2D eigenvalue weighted by Gasteiger charge is 2.14. The molecule has 2 rings (SSSR count). The Morgan fingerprint density at radius 1 is 1.29 bits per heavy atom. The minimum Gasteiger partial charge on any atom is -0.492 e. The van der Waals surface area contributed by atoms with Gasteiger partial charge in [-0.25, -0.2) is 4.79 Å². The molecule has 0 aliphatic heterocycles. The van der Waals surface area contributed by atoms with Gasteiger partial charge in [-0.2, -0.15) is 5.10 Å². The molecule has 2 amide bonds. The highest BCUT2D eigenvalue weighted by atomic mass is 16.5. The minimum absolute atomic E-state index is 0.140. The molecule has 6 heteroatoms. The van der Waals surface area contributed by atoms with E-state index in [0.29, 0.717) is 19.7 Å². The number of nitrogens with one attached hydrogen (secondary N) is 1. The van der Waals surface area contributed by atoms with Crippen LogP contribution in [0.2, 0.25) is 0 Å². The Labute approximate surface area is 143 Å². The zero-order chi connectivity index (χ0) is 17.5. The first-order valence-electron chi connectivity index (χ1n) is 8.31. The molecule has 0 fully saturated rings. The molecule has 130 valence electrons. The summed E-state index contributed by atoms with van der Waals surface area (Å²) in [7, 11) is 1.83. The number of urea groups is 1. The molecule has 2 aromatic rings. The lowest BCUT2D eigenvalue weighted by Gasteiger charge is -2.21. The smallest absolute Gasteiger partial charge is 0.322 e. The predicted octanol–water partition coefficient (Wildman–Crippen LogP) is 3.22. The molecule has 0 unspecified atom stereocenters. The first-order chi connectivity index (χ1) is 11.5. The van der Waals surface area contributed by atoms with Crippen molar-refractivity contribution in [1.82, 2.24) is 14.7 Å². The Kier molecular flexibility index (Phi) is 6.23. The fourth-order valence-corrected chi connectivity index (χ4v) is 2.41. The molecule has 0 spiro atoms. The highest BCUT2D eigenvalue weighted by Crippen LogP contribution is 2.14. The number of hydrogen-bond acceptors (Lipinski definition) is 3. The predicted molar refractivity (Wildman–Crippen MR) is 95.5 cm³/mol. The number of likely N-dealkylation sites (N-methyl/N-ethyl adjacent to an activating group) is 1. The second-order valence-electron chi connectivity index (χ2n) is 5.66. The lowest BCUT2D eigenvalue weighted by molar-refractivity contribution is 0.198. The number of ether oxygens (including phenoxy) is 1. The van der Waals surface area contributed by atoms with Crippen LogP contribution in [0.5, 0.6) is 5.75 Å². The molecule has 1 aromatic heterocycles. The monoisotopic (exact) mass is 330 g/mol. The van der Waals surface area contributed by atoms with Crippen LogP contribution in [0.3, 0.4) is 0 Å². The fraction of sp³-hybridized carbons (Fsp3) is 0.444. The molecule has 0 bridgehead atoms. The normalized spacial score (nSPS) is 10.5. The number of hydrogen-bond donors (Lipinski definition) is 1. The maximum atomic E-state index is 12.4. The summed E-state index contributed by atoms with van der Waals surface area (Å²) >= 11 is 0. The van der Waals surface area contributed by atoms with Crippen LogP contribution >= 0.6 is 0 Å². The Morgan fingerprint density at radius 3 is 2.54 bits per heavy atom. The summed E-state index contributed by atoms with van der Waals surface area (Å²) in [5.74, 6) is 0.826. The Hall–Kier alpha value is -2.50. The quantitative estimate of drug-likeness (QED) is 0.848. The number of rotatable bonds is 7. The third-order valence-electron chi connectivity index (χ3n) is 3.89. The third-order valence-corrected chi connectivity index (χ3v) is 3.89. The van der Waals surface area contributed by atoms with E-state index in [1.807, 2.05) is 33.0 Å². The van der Waals surface area contributed by atoms with Gasteiger partial charge in [0.15, 0.2) is 0 Å². The van der Waals surface area contributed by atoms with Crippen LogP contribution in [0.1, 0.15) is 25.1 Å². The Bertz CT molecular complexity index is 664. The van der Waals surface area contributed by atoms with Crippen molar-refractivity contribution in [2.75, 3.05) is 25.0 Å². The first-order valence-corrected chi connectivity index (χ1v) is 8.31. The molecule has 1 heterocycles. The number of benzene rings is 1. The van der Waals surface area contributed by atoms with Gasteiger partial charge in [-0.1, -0.05) is 19.1 Å². The summed E-state index contributed by atoms with van der Waals surface area (Å²) in [4.78, 5) is 14.1. The van der Waals surface area contributed by atoms with E-state index in [9.17, 15) is 4.79 Å². The zero-order valence-electron chi connectivity index (χ0n) is 14.9. The van der Waals surface area contributed by atoms with Gasteiger partial charge in [-0.05, 0) is 38.0 Å². The van der Waals surface area contributed by atoms with Crippen LogP contribution < -0.4 is 10.1 Å². The highest BCUT2D eigenvalue weighted by molar-refractivity contribution is 5.89. The van der Waals surface area contributed by atoms with E-state index in [4.69, 9.17) is 4.74 Å². The van der Waals surface area contributed by atoms with Gasteiger partial charge in [-0.3, -0.25) is 4.68 Å². The van der Waals surface area contributed by atoms with E-state index in [0.717, 1.165) is 23.6 Å². The first kappa shape index (κ1) is 17.8. The average molecular weight is 330 g/mol. The van der Waals surface area contributed by atoms with Gasteiger partial charge >= 0.3 is 6.03 Å². The molecule has 6 nitrogen and oxygen atoms in total. The van der Waals surface area contributed by atoms with Crippen LogP contribution in [0.15, 0.2) is 30.5 Å². The lowest BCUT2D eigenvalue weighted by Crippen LogP contribution is -2.37. The summed E-state index contributed by atoms with van der Waals surface area (Å²) in [6.07, 6.45) is 2.81. The third kappa shape index (κ3) is 4.75. The molecule has 0 radical (unpaired) electrons. The molecule has 0 atom stereocenters. The number of aromatic nitrogens is 2. The zero-order valence-corrected chi connectivity index (χ0v) is 14.9. The fourth-order valence-electron chi connectivity index (χ4n) is 2.41. The molecule has 0 saturated heterocycles. The average Bonchev–Trinajstić information content (AvgIpc) is 2.89. The molecular weight excluding hydrogens is 304 g/mol. The lowest BCUT2D eigenvalue weighted by atomic mass is 10.2. The van der Waals surface area contributed by atoms with Gasteiger partial charge in [0.2, 0.25) is 0 Å². The molecule has 0 aliphatic carbocycles. The Morgan fingerprint density at radius 2 is 2.00 bits per heavy atom. The van der Waals surface area contributed by atoms with Crippen molar-refractivity contribution in [3.05, 3.63) is 41.7 Å². The molecule has 0 saturated carbocycles. The van der Waals surface area contributed by atoms with Crippen molar-refractivity contribution in [3.63, 3.8) is 0 Å².